The van der Waals surface area contributed by atoms with Gasteiger partial charge in [-0.3, -0.25) is 4.79 Å². The molecule has 26 heavy (non-hydrogen) atoms. The average Bonchev–Trinajstić information content (AvgIpc) is 2.64. The van der Waals surface area contributed by atoms with Gasteiger partial charge in [0.2, 0.25) is 0 Å². The summed E-state index contributed by atoms with van der Waals surface area (Å²) in [7, 11) is 0. The molecule has 0 saturated carbocycles. The van der Waals surface area contributed by atoms with Gasteiger partial charge in [0.25, 0.3) is 0 Å². The van der Waals surface area contributed by atoms with Crippen molar-refractivity contribution in [3.8, 4) is 5.75 Å². The minimum atomic E-state index is -1.07. The molecule has 0 aliphatic rings. The summed E-state index contributed by atoms with van der Waals surface area (Å²) in [6, 6.07) is 6.39. The second-order valence-electron chi connectivity index (χ2n) is 5.86. The third-order valence-corrected chi connectivity index (χ3v) is 3.63. The third-order valence-electron chi connectivity index (χ3n) is 3.63. The van der Waals surface area contributed by atoms with Gasteiger partial charge in [0.1, 0.15) is 25.1 Å². The fraction of sp³-hybridized carbons (Fsp3) is 0.579. The van der Waals surface area contributed by atoms with Crippen LogP contribution in [0.4, 0.5) is 0 Å². The first-order valence-electron chi connectivity index (χ1n) is 8.77. The van der Waals surface area contributed by atoms with Crippen molar-refractivity contribution < 1.29 is 33.6 Å². The minimum absolute atomic E-state index is 0.210. The Hall–Kier alpha value is -2.12. The fourth-order valence-corrected chi connectivity index (χ4v) is 1.92. The zero-order valence-electron chi connectivity index (χ0n) is 15.8. The second kappa shape index (κ2) is 11.5. The van der Waals surface area contributed by atoms with Crippen LogP contribution in [0.2, 0.25) is 0 Å². The Morgan fingerprint density at radius 2 is 1.65 bits per heavy atom. The number of carbonyl (C=O) groups excluding carboxylic acids is 2. The maximum Gasteiger partial charge on any atom is 0.338 e. The van der Waals surface area contributed by atoms with Crippen LogP contribution in [0.25, 0.3) is 0 Å². The van der Waals surface area contributed by atoms with Crippen LogP contribution in [0.3, 0.4) is 0 Å². The van der Waals surface area contributed by atoms with Gasteiger partial charge in [-0.25, -0.2) is 4.79 Å². The standard InChI is InChI=1S/C19H28O7/c1-5-13(3)18(21)24-11-16(20)12-25-19(22)15-7-9-17(10-8-15)26-14(4)23-6-2/h7-10,13-14,16,20H,5-6,11-12H2,1-4H3. The zero-order chi connectivity index (χ0) is 19.5. The summed E-state index contributed by atoms with van der Waals surface area (Å²) < 4.78 is 20.8. The summed E-state index contributed by atoms with van der Waals surface area (Å²) in [6.07, 6.45) is -0.792. The quantitative estimate of drug-likeness (QED) is 0.474. The summed E-state index contributed by atoms with van der Waals surface area (Å²) in [5, 5.41) is 9.75. The average molecular weight is 368 g/mol. The van der Waals surface area contributed by atoms with Crippen molar-refractivity contribution in [1.82, 2.24) is 0 Å². The van der Waals surface area contributed by atoms with Crippen molar-refractivity contribution in [1.29, 1.82) is 0 Å². The molecule has 1 aromatic carbocycles. The number of aliphatic hydroxyl groups excluding tert-OH is 1. The first kappa shape index (κ1) is 21.9. The number of benzene rings is 1. The molecule has 0 aromatic heterocycles. The van der Waals surface area contributed by atoms with Gasteiger partial charge in [-0.2, -0.15) is 0 Å². The smallest absolute Gasteiger partial charge is 0.338 e. The van der Waals surface area contributed by atoms with Crippen molar-refractivity contribution in [3.63, 3.8) is 0 Å². The van der Waals surface area contributed by atoms with Crippen LogP contribution in [-0.4, -0.2) is 49.3 Å². The molecular formula is C19H28O7. The van der Waals surface area contributed by atoms with Gasteiger partial charge < -0.3 is 24.1 Å². The minimum Gasteiger partial charge on any atom is -0.465 e. The lowest BCUT2D eigenvalue weighted by Gasteiger charge is -2.15. The van der Waals surface area contributed by atoms with Crippen LogP contribution < -0.4 is 4.74 Å². The molecular weight excluding hydrogens is 340 g/mol. The first-order chi connectivity index (χ1) is 12.4. The van der Waals surface area contributed by atoms with E-state index < -0.39 is 12.1 Å². The topological polar surface area (TPSA) is 91.3 Å². The van der Waals surface area contributed by atoms with Crippen LogP contribution >= 0.6 is 0 Å². The van der Waals surface area contributed by atoms with Gasteiger partial charge in [0, 0.05) is 6.61 Å². The molecule has 0 heterocycles. The highest BCUT2D eigenvalue weighted by Gasteiger charge is 2.16. The van der Waals surface area contributed by atoms with E-state index in [0.717, 1.165) is 0 Å². The monoisotopic (exact) mass is 368 g/mol. The molecule has 0 saturated heterocycles. The Labute approximate surface area is 154 Å². The number of ether oxygens (including phenoxy) is 4. The van der Waals surface area contributed by atoms with Crippen LogP contribution in [0.1, 0.15) is 44.5 Å². The molecule has 3 atom stereocenters. The molecule has 0 amide bonds. The molecule has 0 aliphatic heterocycles. The maximum absolute atomic E-state index is 12.0. The number of esters is 2. The normalized spacial score (nSPS) is 14.2. The van der Waals surface area contributed by atoms with Gasteiger partial charge in [0.05, 0.1) is 11.5 Å². The predicted octanol–water partition coefficient (Wildman–Crippen LogP) is 2.55. The molecule has 1 aromatic rings. The third kappa shape index (κ3) is 7.84. The lowest BCUT2D eigenvalue weighted by atomic mass is 10.1. The molecule has 0 fully saturated rings. The second-order valence-corrected chi connectivity index (χ2v) is 5.86. The molecule has 0 radical (unpaired) electrons. The van der Waals surface area contributed by atoms with Gasteiger partial charge in [0.15, 0.2) is 6.29 Å². The van der Waals surface area contributed by atoms with Gasteiger partial charge >= 0.3 is 11.9 Å². The summed E-state index contributed by atoms with van der Waals surface area (Å²) in [4.78, 5) is 23.5. The Morgan fingerprint density at radius 3 is 2.23 bits per heavy atom. The van der Waals surface area contributed by atoms with Crippen LogP contribution in [0, 0.1) is 5.92 Å². The number of hydrogen-bond donors (Lipinski definition) is 1. The van der Waals surface area contributed by atoms with E-state index in [1.165, 1.54) is 0 Å². The molecule has 0 spiro atoms. The number of rotatable bonds is 11. The van der Waals surface area contributed by atoms with Crippen molar-refractivity contribution in [2.24, 2.45) is 5.92 Å². The summed E-state index contributed by atoms with van der Waals surface area (Å²) in [6.45, 7) is 7.35. The van der Waals surface area contributed by atoms with E-state index in [9.17, 15) is 14.7 Å². The SMILES string of the molecule is CCOC(C)Oc1ccc(C(=O)OCC(O)COC(=O)C(C)CC)cc1. The predicted molar refractivity (Wildman–Crippen MR) is 94.9 cm³/mol. The largest absolute Gasteiger partial charge is 0.465 e. The number of carbonyl (C=O) groups is 2. The van der Waals surface area contributed by atoms with Crippen molar-refractivity contribution >= 4 is 11.9 Å². The van der Waals surface area contributed by atoms with E-state index in [1.807, 2.05) is 13.8 Å². The van der Waals surface area contributed by atoms with E-state index in [1.54, 1.807) is 38.1 Å². The van der Waals surface area contributed by atoms with Gasteiger partial charge in [-0.15, -0.1) is 0 Å². The Morgan fingerprint density at radius 1 is 1.04 bits per heavy atom. The fourth-order valence-electron chi connectivity index (χ4n) is 1.92. The van der Waals surface area contributed by atoms with Gasteiger partial charge in [-0.1, -0.05) is 13.8 Å². The number of hydrogen-bond acceptors (Lipinski definition) is 7. The highest BCUT2D eigenvalue weighted by atomic mass is 16.7. The molecule has 0 aliphatic carbocycles. The molecule has 0 bridgehead atoms. The van der Waals surface area contributed by atoms with Gasteiger partial charge in [-0.05, 0) is 44.5 Å². The van der Waals surface area contributed by atoms with E-state index in [-0.39, 0.29) is 31.4 Å². The van der Waals surface area contributed by atoms with Crippen molar-refractivity contribution in [2.45, 2.75) is 46.5 Å². The Balaban J connectivity index is 2.39. The molecule has 1 rings (SSSR count). The lowest BCUT2D eigenvalue weighted by molar-refractivity contribution is -0.151. The summed E-state index contributed by atoms with van der Waals surface area (Å²) >= 11 is 0. The zero-order valence-corrected chi connectivity index (χ0v) is 15.8. The Bertz CT molecular complexity index is 556. The van der Waals surface area contributed by atoms with E-state index in [4.69, 9.17) is 18.9 Å². The Kier molecular flexibility index (Phi) is 9.69. The van der Waals surface area contributed by atoms with Crippen LogP contribution in [0.5, 0.6) is 5.75 Å². The molecule has 7 nitrogen and oxygen atoms in total. The molecule has 3 unspecified atom stereocenters. The maximum atomic E-state index is 12.0. The summed E-state index contributed by atoms with van der Waals surface area (Å²) in [5.74, 6) is -0.619. The molecule has 1 N–H and O–H groups in total. The molecule has 146 valence electrons. The van der Waals surface area contributed by atoms with E-state index in [2.05, 4.69) is 0 Å². The molecule has 7 heteroatoms. The van der Waals surface area contributed by atoms with Crippen molar-refractivity contribution in [2.75, 3.05) is 19.8 Å². The summed E-state index contributed by atoms with van der Waals surface area (Å²) in [5.41, 5.74) is 0.324. The van der Waals surface area contributed by atoms with Crippen LogP contribution in [0.15, 0.2) is 24.3 Å². The van der Waals surface area contributed by atoms with Crippen LogP contribution in [-0.2, 0) is 19.0 Å². The lowest BCUT2D eigenvalue weighted by Crippen LogP contribution is -2.27. The van der Waals surface area contributed by atoms with E-state index in [0.29, 0.717) is 24.3 Å². The van der Waals surface area contributed by atoms with E-state index >= 15 is 0 Å². The number of aliphatic hydroxyl groups is 1. The first-order valence-corrected chi connectivity index (χ1v) is 8.77. The van der Waals surface area contributed by atoms with Crippen molar-refractivity contribution in [3.05, 3.63) is 29.8 Å². The highest BCUT2D eigenvalue weighted by molar-refractivity contribution is 5.89. The highest BCUT2D eigenvalue weighted by Crippen LogP contribution is 2.15.